The molecule has 1 atom stereocenters. The van der Waals surface area contributed by atoms with Crippen molar-refractivity contribution < 1.29 is 9.53 Å². The number of amides is 1. The lowest BCUT2D eigenvalue weighted by molar-refractivity contribution is -0.134. The Bertz CT molecular complexity index is 716. The number of benzene rings is 1. The summed E-state index contributed by atoms with van der Waals surface area (Å²) in [5.41, 5.74) is 2.98. The van der Waals surface area contributed by atoms with Crippen molar-refractivity contribution in [3.8, 4) is 0 Å². The topological polar surface area (TPSA) is 36.0 Å². The first-order chi connectivity index (χ1) is 14.5. The molecule has 1 amide bonds. The number of carbonyl (C=O) groups is 1. The van der Waals surface area contributed by atoms with Gasteiger partial charge in [-0.15, -0.1) is 0 Å². The molecule has 166 valence electrons. The Balaban J connectivity index is 1.51. The van der Waals surface area contributed by atoms with Gasteiger partial charge in [0.2, 0.25) is 5.91 Å². The molecular weight excluding hydrogens is 374 g/mol. The summed E-state index contributed by atoms with van der Waals surface area (Å²) in [7, 11) is 4.09. The summed E-state index contributed by atoms with van der Waals surface area (Å²) in [5, 5.41) is 0. The molecule has 0 saturated carbocycles. The van der Waals surface area contributed by atoms with E-state index in [1.807, 2.05) is 14.1 Å². The van der Waals surface area contributed by atoms with E-state index in [-0.39, 0.29) is 5.41 Å². The van der Waals surface area contributed by atoms with Gasteiger partial charge in [0.1, 0.15) is 0 Å². The highest BCUT2D eigenvalue weighted by molar-refractivity contribution is 5.76. The molecule has 4 rings (SSSR count). The van der Waals surface area contributed by atoms with Crippen LogP contribution < -0.4 is 0 Å². The Morgan fingerprint density at radius 3 is 2.70 bits per heavy atom. The molecule has 1 aromatic carbocycles. The Labute approximate surface area is 182 Å². The van der Waals surface area contributed by atoms with Crippen LogP contribution in [0.5, 0.6) is 0 Å². The normalized spacial score (nSPS) is 26.0. The molecule has 3 heterocycles. The first-order valence-electron chi connectivity index (χ1n) is 11.8. The van der Waals surface area contributed by atoms with Crippen LogP contribution in [0.15, 0.2) is 24.3 Å². The van der Waals surface area contributed by atoms with Crippen LogP contribution in [0.1, 0.15) is 43.2 Å². The molecule has 3 aliphatic heterocycles. The molecule has 2 saturated heterocycles. The van der Waals surface area contributed by atoms with Gasteiger partial charge in [-0.1, -0.05) is 24.3 Å². The number of hydrogen-bond acceptors (Lipinski definition) is 4. The minimum absolute atomic E-state index is 0.184. The van der Waals surface area contributed by atoms with Crippen LogP contribution in [0.25, 0.3) is 0 Å². The predicted molar refractivity (Wildman–Crippen MR) is 120 cm³/mol. The summed E-state index contributed by atoms with van der Waals surface area (Å²) >= 11 is 0. The van der Waals surface area contributed by atoms with E-state index in [0.717, 1.165) is 51.7 Å². The number of hydrogen-bond donors (Lipinski definition) is 0. The van der Waals surface area contributed by atoms with Gasteiger partial charge in [0.05, 0.1) is 0 Å². The second kappa shape index (κ2) is 9.80. The van der Waals surface area contributed by atoms with Crippen molar-refractivity contribution in [1.82, 2.24) is 14.7 Å². The van der Waals surface area contributed by atoms with Crippen molar-refractivity contribution in [2.75, 3.05) is 60.0 Å². The lowest BCUT2D eigenvalue weighted by Crippen LogP contribution is -2.51. The highest BCUT2D eigenvalue weighted by Crippen LogP contribution is 2.39. The number of carbonyl (C=O) groups excluding carboxylic acids is 1. The molecule has 5 heteroatoms. The first kappa shape index (κ1) is 21.8. The van der Waals surface area contributed by atoms with Crippen LogP contribution in [-0.4, -0.2) is 80.6 Å². The summed E-state index contributed by atoms with van der Waals surface area (Å²) in [5.74, 6) is 1.08. The van der Waals surface area contributed by atoms with Gasteiger partial charge in [0, 0.05) is 57.8 Å². The van der Waals surface area contributed by atoms with E-state index in [1.54, 1.807) is 0 Å². The van der Waals surface area contributed by atoms with Gasteiger partial charge in [0.25, 0.3) is 0 Å². The SMILES string of the molecule is CN(C)CCC(=O)N1Cc2ccccc2CC2(CCCN(CC3CCOCC3)C2)C1. The molecule has 0 aromatic heterocycles. The molecule has 1 aromatic rings. The number of piperidine rings is 1. The molecule has 30 heavy (non-hydrogen) atoms. The summed E-state index contributed by atoms with van der Waals surface area (Å²) < 4.78 is 5.57. The molecule has 1 unspecified atom stereocenters. The van der Waals surface area contributed by atoms with Gasteiger partial charge in [-0.25, -0.2) is 0 Å². The maximum Gasteiger partial charge on any atom is 0.224 e. The number of ether oxygens (including phenoxy) is 1. The van der Waals surface area contributed by atoms with Gasteiger partial charge in [-0.2, -0.15) is 0 Å². The highest BCUT2D eigenvalue weighted by Gasteiger charge is 2.41. The van der Waals surface area contributed by atoms with Gasteiger partial charge in [-0.05, 0) is 69.8 Å². The van der Waals surface area contributed by atoms with Crippen LogP contribution in [0.2, 0.25) is 0 Å². The zero-order valence-corrected chi connectivity index (χ0v) is 18.9. The van der Waals surface area contributed by atoms with Crippen molar-refractivity contribution in [3.63, 3.8) is 0 Å². The Morgan fingerprint density at radius 1 is 1.17 bits per heavy atom. The van der Waals surface area contributed by atoms with Gasteiger partial charge < -0.3 is 19.4 Å². The smallest absolute Gasteiger partial charge is 0.224 e. The van der Waals surface area contributed by atoms with Crippen LogP contribution in [0.3, 0.4) is 0 Å². The third-order valence-electron chi connectivity index (χ3n) is 7.29. The number of fused-ring (bicyclic) bond motifs is 1. The monoisotopic (exact) mass is 413 g/mol. The maximum absolute atomic E-state index is 13.2. The molecule has 0 bridgehead atoms. The lowest BCUT2D eigenvalue weighted by atomic mass is 9.74. The summed E-state index contributed by atoms with van der Waals surface area (Å²) in [6, 6.07) is 8.81. The summed E-state index contributed by atoms with van der Waals surface area (Å²) in [4.78, 5) is 20.1. The predicted octanol–water partition coefficient (Wildman–Crippen LogP) is 3.03. The second-order valence-corrected chi connectivity index (χ2v) is 10.1. The van der Waals surface area contributed by atoms with E-state index < -0.39 is 0 Å². The molecule has 5 nitrogen and oxygen atoms in total. The van der Waals surface area contributed by atoms with Gasteiger partial charge in [-0.3, -0.25) is 4.79 Å². The summed E-state index contributed by atoms with van der Waals surface area (Å²) in [6.45, 7) is 7.85. The third-order valence-corrected chi connectivity index (χ3v) is 7.29. The van der Waals surface area contributed by atoms with Gasteiger partial charge in [0.15, 0.2) is 0 Å². The number of rotatable bonds is 5. The molecule has 0 aliphatic carbocycles. The van der Waals surface area contributed by atoms with Crippen LogP contribution >= 0.6 is 0 Å². The average molecular weight is 414 g/mol. The van der Waals surface area contributed by atoms with E-state index in [1.165, 1.54) is 49.9 Å². The van der Waals surface area contributed by atoms with Gasteiger partial charge >= 0.3 is 0 Å². The van der Waals surface area contributed by atoms with E-state index in [9.17, 15) is 4.79 Å². The Kier molecular flexibility index (Phi) is 7.12. The minimum atomic E-state index is 0.184. The number of likely N-dealkylation sites (tertiary alicyclic amines) is 1. The second-order valence-electron chi connectivity index (χ2n) is 10.1. The Morgan fingerprint density at radius 2 is 1.93 bits per heavy atom. The third kappa shape index (κ3) is 5.43. The van der Waals surface area contributed by atoms with Crippen LogP contribution in [0, 0.1) is 11.3 Å². The maximum atomic E-state index is 13.2. The summed E-state index contributed by atoms with van der Waals surface area (Å²) in [6.07, 6.45) is 6.57. The molecule has 1 spiro atoms. The fourth-order valence-corrected chi connectivity index (χ4v) is 5.70. The minimum Gasteiger partial charge on any atom is -0.381 e. The zero-order chi connectivity index (χ0) is 21.0. The van der Waals surface area contributed by atoms with Crippen molar-refractivity contribution in [1.29, 1.82) is 0 Å². The molecule has 2 fully saturated rings. The quantitative estimate of drug-likeness (QED) is 0.743. The number of nitrogens with zero attached hydrogens (tertiary/aromatic N) is 3. The van der Waals surface area contributed by atoms with Crippen molar-refractivity contribution >= 4 is 5.91 Å². The standard InChI is InChI=1S/C25H39N3O2/c1-26(2)13-8-24(29)28-18-23-7-4-3-6-22(23)16-25(20-28)11-5-12-27(19-25)17-21-9-14-30-15-10-21/h3-4,6-7,21H,5,8-20H2,1-2H3. The van der Waals surface area contributed by atoms with Crippen LogP contribution in [0.4, 0.5) is 0 Å². The molecule has 0 N–H and O–H groups in total. The van der Waals surface area contributed by atoms with Crippen molar-refractivity contribution in [2.45, 2.75) is 45.1 Å². The highest BCUT2D eigenvalue weighted by atomic mass is 16.5. The molecule has 0 radical (unpaired) electrons. The Hall–Kier alpha value is -1.43. The van der Waals surface area contributed by atoms with E-state index >= 15 is 0 Å². The largest absolute Gasteiger partial charge is 0.381 e. The van der Waals surface area contributed by atoms with Crippen molar-refractivity contribution in [3.05, 3.63) is 35.4 Å². The van der Waals surface area contributed by atoms with E-state index in [0.29, 0.717) is 12.3 Å². The average Bonchev–Trinajstić information content (AvgIpc) is 2.89. The first-order valence-corrected chi connectivity index (χ1v) is 11.8. The van der Waals surface area contributed by atoms with Crippen molar-refractivity contribution in [2.24, 2.45) is 11.3 Å². The fraction of sp³-hybridized carbons (Fsp3) is 0.720. The fourth-order valence-electron chi connectivity index (χ4n) is 5.70. The van der Waals surface area contributed by atoms with Crippen LogP contribution in [-0.2, 0) is 22.5 Å². The molecular formula is C25H39N3O2. The van der Waals surface area contributed by atoms with E-state index in [2.05, 4.69) is 39.0 Å². The molecule has 3 aliphatic rings. The lowest BCUT2D eigenvalue weighted by Gasteiger charge is -2.45. The van der Waals surface area contributed by atoms with E-state index in [4.69, 9.17) is 4.74 Å². The zero-order valence-electron chi connectivity index (χ0n) is 18.9.